The molecule has 0 radical (unpaired) electrons. The van der Waals surface area contributed by atoms with Crippen molar-refractivity contribution in [3.63, 3.8) is 0 Å². The van der Waals surface area contributed by atoms with Gasteiger partial charge in [0.25, 0.3) is 5.91 Å². The number of furan rings is 1. The van der Waals surface area contributed by atoms with Crippen LogP contribution in [0, 0.1) is 10.1 Å². The van der Waals surface area contributed by atoms with E-state index in [1.807, 2.05) is 0 Å². The second-order valence-corrected chi connectivity index (χ2v) is 9.21. The van der Waals surface area contributed by atoms with Crippen LogP contribution in [0.2, 0.25) is 0 Å². The number of hydrogen-bond donors (Lipinski definition) is 1. The quantitative estimate of drug-likeness (QED) is 0.377. The van der Waals surface area contributed by atoms with Crippen molar-refractivity contribution in [2.24, 2.45) is 0 Å². The maximum absolute atomic E-state index is 12.7. The fraction of sp³-hybridized carbons (Fsp3) is 0.227. The molecular formula is C22H21N3O8S. The van der Waals surface area contributed by atoms with Crippen LogP contribution in [0.15, 0.2) is 70.0 Å². The number of benzene rings is 2. The molecule has 34 heavy (non-hydrogen) atoms. The minimum atomic E-state index is -3.63. The SMILES string of the molecule is O=C(Nc1ccc(S(=O)(=O)N2CCOCC2)cc1)c1ccc(COc2ccccc2[N+](=O)[O-])o1. The lowest BCUT2D eigenvalue weighted by atomic mass is 10.3. The van der Waals surface area contributed by atoms with Crippen molar-refractivity contribution >= 4 is 27.3 Å². The predicted octanol–water partition coefficient (Wildman–Crippen LogP) is 3.04. The van der Waals surface area contributed by atoms with Crippen LogP contribution in [0.3, 0.4) is 0 Å². The number of nitrogens with zero attached hydrogens (tertiary/aromatic N) is 2. The number of nitrogens with one attached hydrogen (secondary N) is 1. The van der Waals surface area contributed by atoms with Crippen molar-refractivity contribution in [2.45, 2.75) is 11.5 Å². The van der Waals surface area contributed by atoms with Gasteiger partial charge in [0.05, 0.1) is 23.0 Å². The maximum Gasteiger partial charge on any atom is 0.310 e. The summed E-state index contributed by atoms with van der Waals surface area (Å²) in [5.74, 6) is -0.149. The van der Waals surface area contributed by atoms with Crippen LogP contribution in [-0.4, -0.2) is 49.9 Å². The third-order valence-electron chi connectivity index (χ3n) is 5.04. The van der Waals surface area contributed by atoms with Gasteiger partial charge in [0.2, 0.25) is 10.0 Å². The number of anilines is 1. The number of carbonyl (C=O) groups is 1. The number of nitro benzene ring substituents is 1. The molecule has 1 N–H and O–H groups in total. The molecule has 2 aromatic carbocycles. The number of sulfonamides is 1. The lowest BCUT2D eigenvalue weighted by molar-refractivity contribution is -0.386. The first-order chi connectivity index (χ1) is 16.3. The second-order valence-electron chi connectivity index (χ2n) is 7.27. The van der Waals surface area contributed by atoms with Crippen LogP contribution in [0.4, 0.5) is 11.4 Å². The summed E-state index contributed by atoms with van der Waals surface area (Å²) >= 11 is 0. The number of nitro groups is 1. The number of para-hydroxylation sites is 2. The van der Waals surface area contributed by atoms with Crippen LogP contribution in [0.5, 0.6) is 5.75 Å². The average molecular weight is 487 g/mol. The minimum Gasteiger partial charge on any atom is -0.479 e. The maximum atomic E-state index is 12.7. The molecule has 1 aliphatic heterocycles. The summed E-state index contributed by atoms with van der Waals surface area (Å²) in [7, 11) is -3.63. The van der Waals surface area contributed by atoms with Gasteiger partial charge in [-0.2, -0.15) is 4.31 Å². The topological polar surface area (TPSA) is 141 Å². The molecule has 1 aromatic heterocycles. The molecule has 1 amide bonds. The van der Waals surface area contributed by atoms with Crippen molar-refractivity contribution in [2.75, 3.05) is 31.6 Å². The Morgan fingerprint density at radius 3 is 2.47 bits per heavy atom. The minimum absolute atomic E-state index is 0.00572. The van der Waals surface area contributed by atoms with E-state index < -0.39 is 20.9 Å². The van der Waals surface area contributed by atoms with Gasteiger partial charge in [-0.15, -0.1) is 0 Å². The number of rotatable bonds is 8. The second kappa shape index (κ2) is 10.0. The fourth-order valence-electron chi connectivity index (χ4n) is 3.30. The molecule has 1 aliphatic rings. The van der Waals surface area contributed by atoms with E-state index in [0.29, 0.717) is 37.8 Å². The van der Waals surface area contributed by atoms with Crippen molar-refractivity contribution in [1.82, 2.24) is 4.31 Å². The molecule has 0 unspecified atom stereocenters. The van der Waals surface area contributed by atoms with Gasteiger partial charge in [-0.1, -0.05) is 12.1 Å². The molecule has 3 aromatic rings. The number of amides is 1. The first-order valence-electron chi connectivity index (χ1n) is 10.3. The van der Waals surface area contributed by atoms with E-state index in [9.17, 15) is 23.3 Å². The first-order valence-corrected chi connectivity index (χ1v) is 11.7. The van der Waals surface area contributed by atoms with Crippen LogP contribution in [0.25, 0.3) is 0 Å². The molecule has 11 nitrogen and oxygen atoms in total. The summed E-state index contributed by atoms with van der Waals surface area (Å²) in [5, 5.41) is 13.7. The van der Waals surface area contributed by atoms with Gasteiger partial charge in [-0.3, -0.25) is 14.9 Å². The zero-order valence-electron chi connectivity index (χ0n) is 17.9. The summed E-state index contributed by atoms with van der Waals surface area (Å²) in [4.78, 5) is 23.1. The van der Waals surface area contributed by atoms with Crippen molar-refractivity contribution in [3.05, 3.63) is 82.3 Å². The number of ether oxygens (including phenoxy) is 2. The van der Waals surface area contributed by atoms with E-state index in [1.54, 1.807) is 6.07 Å². The molecule has 0 atom stereocenters. The van der Waals surface area contributed by atoms with Gasteiger partial charge in [-0.05, 0) is 42.5 Å². The van der Waals surface area contributed by atoms with E-state index in [4.69, 9.17) is 13.9 Å². The highest BCUT2D eigenvalue weighted by Crippen LogP contribution is 2.27. The molecule has 178 valence electrons. The standard InChI is InChI=1S/C22H21N3O8S/c26-22(21-10-7-17(33-21)15-32-20-4-2-1-3-19(20)25(27)28)23-16-5-8-18(9-6-16)34(29,30)24-11-13-31-14-12-24/h1-10H,11-15H2,(H,23,26). The molecule has 0 aliphatic carbocycles. The molecular weight excluding hydrogens is 466 g/mol. The Kier molecular flexibility index (Phi) is 6.91. The third kappa shape index (κ3) is 5.25. The van der Waals surface area contributed by atoms with Crippen molar-refractivity contribution in [1.29, 1.82) is 0 Å². The number of morpholine rings is 1. The Bertz CT molecular complexity index is 1280. The lowest BCUT2D eigenvalue weighted by Crippen LogP contribution is -2.40. The molecule has 1 fully saturated rings. The van der Waals surface area contributed by atoms with Crippen LogP contribution < -0.4 is 10.1 Å². The summed E-state index contributed by atoms with van der Waals surface area (Å²) < 4.78 is 42.9. The average Bonchev–Trinajstić information content (AvgIpc) is 3.33. The summed E-state index contributed by atoms with van der Waals surface area (Å²) in [5.41, 5.74) is 0.214. The molecule has 0 saturated carbocycles. The van der Waals surface area contributed by atoms with Gasteiger partial charge in [-0.25, -0.2) is 8.42 Å². The Morgan fingerprint density at radius 1 is 1.06 bits per heavy atom. The third-order valence-corrected chi connectivity index (χ3v) is 6.95. The van der Waals surface area contributed by atoms with Crippen molar-refractivity contribution in [3.8, 4) is 5.75 Å². The molecule has 12 heteroatoms. The molecule has 0 bridgehead atoms. The Labute approximate surface area is 195 Å². The molecule has 0 spiro atoms. The zero-order chi connectivity index (χ0) is 24.1. The largest absolute Gasteiger partial charge is 0.479 e. The number of hydrogen-bond acceptors (Lipinski definition) is 8. The Hall–Kier alpha value is -3.74. The van der Waals surface area contributed by atoms with Gasteiger partial charge < -0.3 is 19.2 Å². The highest BCUT2D eigenvalue weighted by molar-refractivity contribution is 7.89. The van der Waals surface area contributed by atoms with E-state index >= 15 is 0 Å². The van der Waals surface area contributed by atoms with Gasteiger partial charge in [0.15, 0.2) is 11.5 Å². The van der Waals surface area contributed by atoms with Crippen LogP contribution in [-0.2, 0) is 21.4 Å². The Morgan fingerprint density at radius 2 is 1.76 bits per heavy atom. The van der Waals surface area contributed by atoms with Gasteiger partial charge in [0.1, 0.15) is 12.4 Å². The fourth-order valence-corrected chi connectivity index (χ4v) is 4.70. The normalized spacial score (nSPS) is 14.5. The lowest BCUT2D eigenvalue weighted by Gasteiger charge is -2.26. The Balaban J connectivity index is 1.37. The van der Waals surface area contributed by atoms with Gasteiger partial charge in [0, 0.05) is 24.8 Å². The smallest absolute Gasteiger partial charge is 0.310 e. The van der Waals surface area contributed by atoms with E-state index in [0.717, 1.165) is 0 Å². The highest BCUT2D eigenvalue weighted by atomic mass is 32.2. The highest BCUT2D eigenvalue weighted by Gasteiger charge is 2.26. The van der Waals surface area contributed by atoms with Crippen LogP contribution >= 0.6 is 0 Å². The van der Waals surface area contributed by atoms with Crippen molar-refractivity contribution < 1.29 is 32.0 Å². The summed E-state index contributed by atoms with van der Waals surface area (Å²) in [6.07, 6.45) is 0. The number of carbonyl (C=O) groups excluding carboxylic acids is 1. The zero-order valence-corrected chi connectivity index (χ0v) is 18.7. The van der Waals surface area contributed by atoms with E-state index in [2.05, 4.69) is 5.32 Å². The monoisotopic (exact) mass is 487 g/mol. The molecule has 4 rings (SSSR count). The van der Waals surface area contributed by atoms with Gasteiger partial charge >= 0.3 is 5.69 Å². The summed E-state index contributed by atoms with van der Waals surface area (Å²) in [6, 6.07) is 14.8. The first kappa shape index (κ1) is 23.4. The molecule has 1 saturated heterocycles. The predicted molar refractivity (Wildman–Crippen MR) is 120 cm³/mol. The molecule has 2 heterocycles. The van der Waals surface area contributed by atoms with E-state index in [-0.39, 0.29) is 28.7 Å². The summed E-state index contributed by atoms with van der Waals surface area (Å²) in [6.45, 7) is 1.19. The van der Waals surface area contributed by atoms with E-state index in [1.165, 1.54) is 58.9 Å². The van der Waals surface area contributed by atoms with Crippen LogP contribution in [0.1, 0.15) is 16.3 Å².